The van der Waals surface area contributed by atoms with E-state index < -0.39 is 5.54 Å². The maximum absolute atomic E-state index is 11.3. The molecule has 0 aromatic heterocycles. The number of likely N-dealkylation sites (N-methyl/N-ethyl adjacent to an activating group) is 1. The van der Waals surface area contributed by atoms with Gasteiger partial charge < -0.3 is 4.90 Å². The van der Waals surface area contributed by atoms with Gasteiger partial charge in [-0.1, -0.05) is 0 Å². The van der Waals surface area contributed by atoms with Crippen LogP contribution in [0.15, 0.2) is 0 Å². The summed E-state index contributed by atoms with van der Waals surface area (Å²) in [5, 5.41) is 4.20. The molecule has 0 aromatic rings. The highest BCUT2D eigenvalue weighted by Crippen LogP contribution is 2.11. The van der Waals surface area contributed by atoms with Gasteiger partial charge in [0.25, 0.3) is 0 Å². The maximum Gasteiger partial charge on any atom is 0.243 e. The Hall–Kier alpha value is -0.570. The molecule has 0 saturated carbocycles. The number of carbonyl (C=O) groups excluding carboxylic acids is 1. The van der Waals surface area contributed by atoms with Gasteiger partial charge in [0.2, 0.25) is 5.91 Å². The summed E-state index contributed by atoms with van der Waals surface area (Å²) in [5.74, 6) is 0.124. The van der Waals surface area contributed by atoms with Crippen molar-refractivity contribution in [3.05, 3.63) is 0 Å². The Labute approximate surface area is 61.4 Å². The molecule has 1 aliphatic rings. The first-order chi connectivity index (χ1) is 4.54. The van der Waals surface area contributed by atoms with E-state index in [1.165, 1.54) is 0 Å². The van der Waals surface area contributed by atoms with Gasteiger partial charge in [-0.3, -0.25) is 4.79 Å². The second-order valence-corrected chi connectivity index (χ2v) is 3.17. The summed E-state index contributed by atoms with van der Waals surface area (Å²) in [5.41, 5.74) is -0.479. The molecule has 1 rings (SSSR count). The monoisotopic (exact) mass is 141 g/mol. The van der Waals surface area contributed by atoms with Gasteiger partial charge in [-0.2, -0.15) is 0 Å². The highest BCUT2D eigenvalue weighted by atomic mass is 16.2. The molecule has 1 heterocycles. The summed E-state index contributed by atoms with van der Waals surface area (Å²) in [4.78, 5) is 13.0. The molecular formula is C7H13N2O. The van der Waals surface area contributed by atoms with E-state index in [4.69, 9.17) is 0 Å². The molecule has 1 aliphatic heterocycles. The predicted molar refractivity (Wildman–Crippen MR) is 38.7 cm³/mol. The summed E-state index contributed by atoms with van der Waals surface area (Å²) < 4.78 is 0. The largest absolute Gasteiger partial charge is 0.343 e. The SMILES string of the molecule is CN1CC[N]C(C)(C)C1=O. The van der Waals surface area contributed by atoms with Gasteiger partial charge in [0.05, 0.1) is 0 Å². The number of hydrogen-bond acceptors (Lipinski definition) is 1. The van der Waals surface area contributed by atoms with Gasteiger partial charge >= 0.3 is 0 Å². The second-order valence-electron chi connectivity index (χ2n) is 3.17. The van der Waals surface area contributed by atoms with Crippen molar-refractivity contribution < 1.29 is 4.79 Å². The van der Waals surface area contributed by atoms with E-state index in [-0.39, 0.29) is 5.91 Å². The number of rotatable bonds is 0. The Morgan fingerprint density at radius 3 is 2.60 bits per heavy atom. The van der Waals surface area contributed by atoms with Crippen molar-refractivity contribution in [1.29, 1.82) is 0 Å². The van der Waals surface area contributed by atoms with Crippen LogP contribution in [0.2, 0.25) is 0 Å². The lowest BCUT2D eigenvalue weighted by atomic mass is 10.0. The minimum absolute atomic E-state index is 0.124. The Balaban J connectivity index is 2.70. The van der Waals surface area contributed by atoms with Crippen LogP contribution in [0.3, 0.4) is 0 Å². The molecule has 57 valence electrons. The number of carbonyl (C=O) groups is 1. The minimum atomic E-state index is -0.479. The molecule has 0 bridgehead atoms. The summed E-state index contributed by atoms with van der Waals surface area (Å²) in [6.45, 7) is 5.24. The maximum atomic E-state index is 11.3. The van der Waals surface area contributed by atoms with Crippen LogP contribution in [0.5, 0.6) is 0 Å². The zero-order valence-electron chi connectivity index (χ0n) is 6.72. The standard InChI is InChI=1S/C7H13N2O/c1-7(2)6(10)9(3)5-4-8-7/h4-5H2,1-3H3. The van der Waals surface area contributed by atoms with Crippen molar-refractivity contribution in [2.24, 2.45) is 0 Å². The third-order valence-electron chi connectivity index (χ3n) is 1.81. The van der Waals surface area contributed by atoms with Crippen LogP contribution >= 0.6 is 0 Å². The highest BCUT2D eigenvalue weighted by Gasteiger charge is 2.34. The smallest absolute Gasteiger partial charge is 0.243 e. The van der Waals surface area contributed by atoms with Gasteiger partial charge in [-0.25, -0.2) is 5.32 Å². The van der Waals surface area contributed by atoms with Crippen LogP contribution in [0.4, 0.5) is 0 Å². The van der Waals surface area contributed by atoms with E-state index in [9.17, 15) is 4.79 Å². The fourth-order valence-electron chi connectivity index (χ4n) is 1.12. The normalized spacial score (nSPS) is 25.1. The molecule has 1 saturated heterocycles. The lowest BCUT2D eigenvalue weighted by molar-refractivity contribution is -0.138. The van der Waals surface area contributed by atoms with Crippen molar-refractivity contribution in [2.45, 2.75) is 19.4 Å². The number of hydrogen-bond donors (Lipinski definition) is 0. The quantitative estimate of drug-likeness (QED) is 0.461. The van der Waals surface area contributed by atoms with Crippen LogP contribution in [0.25, 0.3) is 0 Å². The molecule has 0 aromatic carbocycles. The zero-order valence-corrected chi connectivity index (χ0v) is 6.72. The Bertz CT molecular complexity index is 154. The third kappa shape index (κ3) is 1.14. The lowest BCUT2D eigenvalue weighted by Crippen LogP contribution is -2.56. The number of piperazine rings is 1. The average molecular weight is 141 g/mol. The molecule has 3 heteroatoms. The molecule has 0 atom stereocenters. The Kier molecular flexibility index (Phi) is 1.68. The van der Waals surface area contributed by atoms with Crippen molar-refractivity contribution in [3.63, 3.8) is 0 Å². The second kappa shape index (κ2) is 2.23. The van der Waals surface area contributed by atoms with E-state index in [0.29, 0.717) is 0 Å². The Morgan fingerprint density at radius 1 is 1.60 bits per heavy atom. The molecule has 3 nitrogen and oxygen atoms in total. The van der Waals surface area contributed by atoms with Crippen molar-refractivity contribution in [1.82, 2.24) is 10.2 Å². The summed E-state index contributed by atoms with van der Waals surface area (Å²) in [6.07, 6.45) is 0. The fourth-order valence-corrected chi connectivity index (χ4v) is 1.12. The zero-order chi connectivity index (χ0) is 7.78. The first kappa shape index (κ1) is 7.54. The van der Waals surface area contributed by atoms with E-state index in [2.05, 4.69) is 5.32 Å². The first-order valence-electron chi connectivity index (χ1n) is 3.48. The summed E-state index contributed by atoms with van der Waals surface area (Å²) in [6, 6.07) is 0. The Morgan fingerprint density at radius 2 is 2.20 bits per heavy atom. The molecule has 1 amide bonds. The van der Waals surface area contributed by atoms with Crippen LogP contribution in [0.1, 0.15) is 13.8 Å². The van der Waals surface area contributed by atoms with Gasteiger partial charge in [0, 0.05) is 20.1 Å². The highest BCUT2D eigenvalue weighted by molar-refractivity contribution is 5.85. The van der Waals surface area contributed by atoms with Crippen molar-refractivity contribution >= 4 is 5.91 Å². The molecule has 0 aliphatic carbocycles. The van der Waals surface area contributed by atoms with E-state index in [1.54, 1.807) is 4.90 Å². The molecule has 0 unspecified atom stereocenters. The number of nitrogens with zero attached hydrogens (tertiary/aromatic N) is 2. The summed E-state index contributed by atoms with van der Waals surface area (Å²) >= 11 is 0. The summed E-state index contributed by atoms with van der Waals surface area (Å²) in [7, 11) is 1.82. The number of amides is 1. The molecular weight excluding hydrogens is 128 g/mol. The third-order valence-corrected chi connectivity index (χ3v) is 1.81. The van der Waals surface area contributed by atoms with Crippen LogP contribution in [-0.2, 0) is 4.79 Å². The average Bonchev–Trinajstić information content (AvgIpc) is 1.83. The molecule has 10 heavy (non-hydrogen) atoms. The molecule has 0 N–H and O–H groups in total. The van der Waals surface area contributed by atoms with Gasteiger partial charge in [0.15, 0.2) is 0 Å². The van der Waals surface area contributed by atoms with Crippen LogP contribution in [0, 0.1) is 0 Å². The topological polar surface area (TPSA) is 34.4 Å². The minimum Gasteiger partial charge on any atom is -0.343 e. The van der Waals surface area contributed by atoms with Crippen molar-refractivity contribution in [2.75, 3.05) is 20.1 Å². The van der Waals surface area contributed by atoms with Gasteiger partial charge in [-0.05, 0) is 13.8 Å². The van der Waals surface area contributed by atoms with Gasteiger partial charge in [-0.15, -0.1) is 0 Å². The molecule has 1 fully saturated rings. The van der Waals surface area contributed by atoms with E-state index in [0.717, 1.165) is 13.1 Å². The molecule has 1 radical (unpaired) electrons. The fraction of sp³-hybridized carbons (Fsp3) is 0.857. The van der Waals surface area contributed by atoms with Crippen molar-refractivity contribution in [3.8, 4) is 0 Å². The first-order valence-corrected chi connectivity index (χ1v) is 3.48. The van der Waals surface area contributed by atoms with Crippen LogP contribution in [-0.4, -0.2) is 36.5 Å². The molecule has 0 spiro atoms. The lowest BCUT2D eigenvalue weighted by Gasteiger charge is -2.34. The van der Waals surface area contributed by atoms with Gasteiger partial charge in [0.1, 0.15) is 5.54 Å². The van der Waals surface area contributed by atoms with E-state index >= 15 is 0 Å². The van der Waals surface area contributed by atoms with Crippen LogP contribution < -0.4 is 5.32 Å². The van der Waals surface area contributed by atoms with E-state index in [1.807, 2.05) is 20.9 Å². The predicted octanol–water partition coefficient (Wildman–Crippen LogP) is -0.159.